The van der Waals surface area contributed by atoms with Gasteiger partial charge in [-0.2, -0.15) is 0 Å². The minimum atomic E-state index is -0.674. The van der Waals surface area contributed by atoms with E-state index in [1.165, 1.54) is 12.0 Å². The van der Waals surface area contributed by atoms with Gasteiger partial charge >= 0.3 is 5.97 Å². The Morgan fingerprint density at radius 2 is 1.97 bits per heavy atom. The van der Waals surface area contributed by atoms with E-state index < -0.39 is 24.4 Å². The van der Waals surface area contributed by atoms with Crippen LogP contribution in [0, 0.1) is 5.92 Å². The fraction of sp³-hybridized carbons (Fsp3) is 0.250. The first-order chi connectivity index (χ1) is 13.9. The van der Waals surface area contributed by atoms with Crippen LogP contribution in [0.4, 0.5) is 11.4 Å². The lowest BCUT2D eigenvalue weighted by atomic mass is 10.1. The summed E-state index contributed by atoms with van der Waals surface area (Å²) in [6, 6.07) is 11.9. The Hall–Kier alpha value is -2.58. The molecule has 1 heterocycles. The Morgan fingerprint density at radius 3 is 2.66 bits per heavy atom. The van der Waals surface area contributed by atoms with Crippen LogP contribution >= 0.6 is 27.5 Å². The number of esters is 1. The molecule has 0 spiro atoms. The molecule has 1 aliphatic heterocycles. The lowest BCUT2D eigenvalue weighted by molar-refractivity contribution is -0.151. The second-order valence-corrected chi connectivity index (χ2v) is 7.74. The molecular weight excluding hydrogens is 464 g/mol. The predicted octanol–water partition coefficient (Wildman–Crippen LogP) is 3.65. The molecule has 7 nitrogen and oxygen atoms in total. The van der Waals surface area contributed by atoms with Crippen molar-refractivity contribution in [1.82, 2.24) is 0 Å². The van der Waals surface area contributed by atoms with Crippen molar-refractivity contribution in [3.8, 4) is 5.75 Å². The molecule has 29 heavy (non-hydrogen) atoms. The maximum absolute atomic E-state index is 12.4. The third-order valence-electron chi connectivity index (χ3n) is 4.36. The van der Waals surface area contributed by atoms with Crippen molar-refractivity contribution < 1.29 is 23.9 Å². The molecule has 1 saturated heterocycles. The Bertz CT molecular complexity index is 935. The summed E-state index contributed by atoms with van der Waals surface area (Å²) < 4.78 is 11.3. The van der Waals surface area contributed by atoms with Crippen LogP contribution in [0.25, 0.3) is 0 Å². The van der Waals surface area contributed by atoms with E-state index >= 15 is 0 Å². The van der Waals surface area contributed by atoms with E-state index in [-0.39, 0.29) is 18.9 Å². The lowest BCUT2D eigenvalue weighted by Crippen LogP contribution is -2.28. The molecule has 0 saturated carbocycles. The minimum Gasteiger partial charge on any atom is -0.495 e. The highest BCUT2D eigenvalue weighted by atomic mass is 79.9. The molecule has 0 bridgehead atoms. The Morgan fingerprint density at radius 1 is 1.24 bits per heavy atom. The SMILES string of the molecule is COc1ccc(Cl)cc1N1C[C@@H](C(=O)OCC(=O)Nc2ccc(Br)cc2)CC1=O. The van der Waals surface area contributed by atoms with E-state index in [2.05, 4.69) is 21.2 Å². The normalized spacial score (nSPS) is 15.9. The Kier molecular flexibility index (Phi) is 6.76. The summed E-state index contributed by atoms with van der Waals surface area (Å²) in [7, 11) is 1.49. The van der Waals surface area contributed by atoms with Gasteiger partial charge in [0.2, 0.25) is 5.91 Å². The van der Waals surface area contributed by atoms with Gasteiger partial charge in [-0.05, 0) is 42.5 Å². The largest absolute Gasteiger partial charge is 0.495 e. The van der Waals surface area contributed by atoms with E-state index in [1.54, 1.807) is 42.5 Å². The van der Waals surface area contributed by atoms with Crippen LogP contribution in [0.2, 0.25) is 5.02 Å². The maximum atomic E-state index is 12.4. The topological polar surface area (TPSA) is 84.9 Å². The number of hydrogen-bond acceptors (Lipinski definition) is 5. The van der Waals surface area contributed by atoms with E-state index in [9.17, 15) is 14.4 Å². The molecule has 0 aromatic heterocycles. The molecule has 152 valence electrons. The number of carbonyl (C=O) groups is 3. The summed E-state index contributed by atoms with van der Waals surface area (Å²) in [6.45, 7) is -0.303. The van der Waals surface area contributed by atoms with Crippen molar-refractivity contribution in [2.24, 2.45) is 5.92 Å². The maximum Gasteiger partial charge on any atom is 0.311 e. The van der Waals surface area contributed by atoms with Crippen LogP contribution in [0.3, 0.4) is 0 Å². The zero-order chi connectivity index (χ0) is 21.0. The van der Waals surface area contributed by atoms with Gasteiger partial charge in [-0.1, -0.05) is 27.5 Å². The number of nitrogens with zero attached hydrogens (tertiary/aromatic N) is 1. The number of anilines is 2. The smallest absolute Gasteiger partial charge is 0.311 e. The molecule has 1 aliphatic rings. The Labute approximate surface area is 181 Å². The molecule has 9 heteroatoms. The zero-order valence-corrected chi connectivity index (χ0v) is 17.8. The Balaban J connectivity index is 1.57. The number of nitrogens with one attached hydrogen (secondary N) is 1. The van der Waals surface area contributed by atoms with Gasteiger partial charge < -0.3 is 19.7 Å². The molecule has 2 aromatic carbocycles. The monoisotopic (exact) mass is 480 g/mol. The molecule has 2 aromatic rings. The molecule has 2 amide bonds. The van der Waals surface area contributed by atoms with Crippen LogP contribution in [0.1, 0.15) is 6.42 Å². The number of halogens is 2. The van der Waals surface area contributed by atoms with Gasteiger partial charge in [-0.3, -0.25) is 14.4 Å². The van der Waals surface area contributed by atoms with Gasteiger partial charge in [-0.25, -0.2) is 0 Å². The van der Waals surface area contributed by atoms with Crippen molar-refractivity contribution in [2.75, 3.05) is 30.5 Å². The van der Waals surface area contributed by atoms with Gasteiger partial charge in [0.05, 0.1) is 18.7 Å². The molecule has 1 N–H and O–H groups in total. The van der Waals surface area contributed by atoms with Crippen LogP contribution in [0.15, 0.2) is 46.9 Å². The van der Waals surface area contributed by atoms with Crippen molar-refractivity contribution in [3.63, 3.8) is 0 Å². The highest BCUT2D eigenvalue weighted by Crippen LogP contribution is 2.35. The second-order valence-electron chi connectivity index (χ2n) is 6.38. The zero-order valence-electron chi connectivity index (χ0n) is 15.5. The van der Waals surface area contributed by atoms with Crippen molar-refractivity contribution >= 4 is 56.7 Å². The van der Waals surface area contributed by atoms with Crippen LogP contribution in [-0.2, 0) is 19.1 Å². The number of carbonyl (C=O) groups excluding carboxylic acids is 3. The predicted molar refractivity (Wildman–Crippen MR) is 112 cm³/mol. The van der Waals surface area contributed by atoms with E-state index in [1.807, 2.05) is 0 Å². The van der Waals surface area contributed by atoms with E-state index in [0.29, 0.717) is 22.1 Å². The van der Waals surface area contributed by atoms with Crippen LogP contribution in [0.5, 0.6) is 5.75 Å². The standard InChI is InChI=1S/C20H18BrClN2O5/c1-28-17-7-4-14(22)9-16(17)24-10-12(8-19(24)26)20(27)29-11-18(25)23-15-5-2-13(21)3-6-15/h2-7,9,12H,8,10-11H2,1H3,(H,23,25)/t12-/m0/s1. The van der Waals surface area contributed by atoms with Gasteiger partial charge in [0.1, 0.15) is 5.75 Å². The van der Waals surface area contributed by atoms with E-state index in [4.69, 9.17) is 21.1 Å². The summed E-state index contributed by atoms with van der Waals surface area (Å²) >= 11 is 9.34. The molecule has 0 radical (unpaired) electrons. The van der Waals surface area contributed by atoms with Crippen LogP contribution < -0.4 is 15.0 Å². The minimum absolute atomic E-state index is 0.0111. The first-order valence-electron chi connectivity index (χ1n) is 8.73. The first kappa shape index (κ1) is 21.1. The number of amides is 2. The average molecular weight is 482 g/mol. The number of hydrogen-bond donors (Lipinski definition) is 1. The second kappa shape index (κ2) is 9.28. The average Bonchev–Trinajstić information content (AvgIpc) is 3.09. The molecule has 0 aliphatic carbocycles. The number of ether oxygens (including phenoxy) is 2. The molecular formula is C20H18BrClN2O5. The third-order valence-corrected chi connectivity index (χ3v) is 5.13. The summed E-state index contributed by atoms with van der Waals surface area (Å²) in [5.41, 5.74) is 1.08. The van der Waals surface area contributed by atoms with Gasteiger partial charge in [-0.15, -0.1) is 0 Å². The number of rotatable bonds is 6. The highest BCUT2D eigenvalue weighted by molar-refractivity contribution is 9.10. The fourth-order valence-electron chi connectivity index (χ4n) is 2.96. The molecule has 0 unspecified atom stereocenters. The number of methoxy groups -OCH3 is 1. The van der Waals surface area contributed by atoms with Gasteiger partial charge in [0.15, 0.2) is 6.61 Å². The molecule has 3 rings (SSSR count). The fourth-order valence-corrected chi connectivity index (χ4v) is 3.39. The van der Waals surface area contributed by atoms with E-state index in [0.717, 1.165) is 4.47 Å². The number of benzene rings is 2. The van der Waals surface area contributed by atoms with Crippen molar-refractivity contribution in [1.29, 1.82) is 0 Å². The van der Waals surface area contributed by atoms with Crippen molar-refractivity contribution in [2.45, 2.75) is 6.42 Å². The van der Waals surface area contributed by atoms with Gasteiger partial charge in [0, 0.05) is 28.1 Å². The molecule has 1 atom stereocenters. The summed E-state index contributed by atoms with van der Waals surface area (Å²) in [4.78, 5) is 38.2. The third kappa shape index (κ3) is 5.27. The molecule has 1 fully saturated rings. The summed E-state index contributed by atoms with van der Waals surface area (Å²) in [6.07, 6.45) is -0.0111. The van der Waals surface area contributed by atoms with Crippen LogP contribution in [-0.4, -0.2) is 38.0 Å². The quantitative estimate of drug-likeness (QED) is 0.637. The summed E-state index contributed by atoms with van der Waals surface area (Å²) in [5, 5.41) is 3.08. The van der Waals surface area contributed by atoms with Gasteiger partial charge in [0.25, 0.3) is 5.91 Å². The first-order valence-corrected chi connectivity index (χ1v) is 9.90. The highest BCUT2D eigenvalue weighted by Gasteiger charge is 2.37. The summed E-state index contributed by atoms with van der Waals surface area (Å²) in [5.74, 6) is -1.50. The van der Waals surface area contributed by atoms with Crippen molar-refractivity contribution in [3.05, 3.63) is 52.0 Å². The lowest BCUT2D eigenvalue weighted by Gasteiger charge is -2.19.